The van der Waals surface area contributed by atoms with E-state index < -0.39 is 0 Å². The molecular formula is C18H30N+. The topological polar surface area (TPSA) is 4.44 Å². The van der Waals surface area contributed by atoms with Crippen LogP contribution in [0.15, 0.2) is 36.1 Å². The summed E-state index contributed by atoms with van der Waals surface area (Å²) in [5.74, 6) is 0. The van der Waals surface area contributed by atoms with Crippen molar-refractivity contribution in [2.24, 2.45) is 0 Å². The molecule has 0 aromatic heterocycles. The zero-order valence-corrected chi connectivity index (χ0v) is 12.4. The number of rotatable bonds is 0. The molecule has 1 nitrogen and oxygen atoms in total. The molecule has 0 aromatic carbocycles. The van der Waals surface area contributed by atoms with Gasteiger partial charge < -0.3 is 4.90 Å². The highest BCUT2D eigenvalue weighted by atomic mass is 15.1. The molecule has 0 saturated carbocycles. The maximum absolute atomic E-state index is 2.40. The molecule has 2 aliphatic heterocycles. The third-order valence-corrected chi connectivity index (χ3v) is 4.27. The lowest BCUT2D eigenvalue weighted by atomic mass is 10.0. The van der Waals surface area contributed by atoms with Gasteiger partial charge in [-0.2, -0.15) is 0 Å². The van der Waals surface area contributed by atoms with Gasteiger partial charge in [-0.05, 0) is 63.0 Å². The number of allylic oxidation sites excluding steroid dienone is 4. The largest absolute Gasteiger partial charge is 0.305 e. The number of quaternary nitrogens is 1. The van der Waals surface area contributed by atoms with Crippen LogP contribution in [0, 0.1) is 0 Å². The Morgan fingerprint density at radius 2 is 1.53 bits per heavy atom. The summed E-state index contributed by atoms with van der Waals surface area (Å²) in [5.41, 5.74) is 1.67. The van der Waals surface area contributed by atoms with Gasteiger partial charge in [-0.3, -0.25) is 0 Å². The number of nitrogens with one attached hydrogen (secondary N) is 1. The van der Waals surface area contributed by atoms with Crippen LogP contribution in [0.1, 0.15) is 64.2 Å². The molecule has 0 amide bonds. The second kappa shape index (κ2) is 9.14. The van der Waals surface area contributed by atoms with Crippen molar-refractivity contribution in [3.63, 3.8) is 0 Å². The van der Waals surface area contributed by atoms with Crippen molar-refractivity contribution in [1.82, 2.24) is 0 Å². The molecule has 1 unspecified atom stereocenters. The van der Waals surface area contributed by atoms with Crippen LogP contribution in [0.25, 0.3) is 0 Å². The number of hydrogen-bond donors (Lipinski definition) is 1. The molecule has 2 bridgehead atoms. The highest BCUT2D eigenvalue weighted by Crippen LogP contribution is 2.12. The quantitative estimate of drug-likeness (QED) is 0.632. The Morgan fingerprint density at radius 3 is 2.37 bits per heavy atom. The Hall–Kier alpha value is -0.820. The van der Waals surface area contributed by atoms with Crippen molar-refractivity contribution in [3.05, 3.63) is 36.1 Å². The molecule has 19 heavy (non-hydrogen) atoms. The molecule has 1 atom stereocenters. The van der Waals surface area contributed by atoms with Crippen LogP contribution in [-0.2, 0) is 0 Å². The monoisotopic (exact) mass is 260 g/mol. The van der Waals surface area contributed by atoms with Gasteiger partial charge in [0, 0.05) is 0 Å². The molecular weight excluding hydrogens is 230 g/mol. The summed E-state index contributed by atoms with van der Waals surface area (Å²) in [6, 6.07) is 0. The van der Waals surface area contributed by atoms with Crippen LogP contribution in [0.2, 0.25) is 0 Å². The minimum absolute atomic E-state index is 1.26. The van der Waals surface area contributed by atoms with Gasteiger partial charge in [-0.25, -0.2) is 0 Å². The van der Waals surface area contributed by atoms with Crippen molar-refractivity contribution < 1.29 is 4.90 Å². The third-order valence-electron chi connectivity index (χ3n) is 4.27. The molecule has 0 spiro atoms. The second-order valence-corrected chi connectivity index (χ2v) is 6.04. The first-order chi connectivity index (χ1) is 9.45. The predicted molar refractivity (Wildman–Crippen MR) is 83.2 cm³/mol. The lowest BCUT2D eigenvalue weighted by Crippen LogP contribution is -3.08. The fourth-order valence-electron chi connectivity index (χ4n) is 3.07. The van der Waals surface area contributed by atoms with Gasteiger partial charge in [-0.15, -0.1) is 0 Å². The van der Waals surface area contributed by atoms with E-state index in [1.807, 2.05) is 0 Å². The Bertz CT molecular complexity index is 325. The Morgan fingerprint density at radius 1 is 0.789 bits per heavy atom. The van der Waals surface area contributed by atoms with E-state index in [0.29, 0.717) is 0 Å². The fraction of sp³-hybridized carbons (Fsp3) is 0.667. The van der Waals surface area contributed by atoms with Gasteiger partial charge in [0.05, 0.1) is 12.7 Å². The molecule has 2 aliphatic rings. The van der Waals surface area contributed by atoms with E-state index in [4.69, 9.17) is 0 Å². The molecule has 2 heterocycles. The molecule has 2 rings (SSSR count). The predicted octanol–water partition coefficient (Wildman–Crippen LogP) is 3.80. The van der Waals surface area contributed by atoms with Gasteiger partial charge in [-0.1, -0.05) is 31.1 Å². The van der Waals surface area contributed by atoms with Crippen molar-refractivity contribution in [2.45, 2.75) is 64.2 Å². The van der Waals surface area contributed by atoms with Crippen LogP contribution in [-0.4, -0.2) is 13.1 Å². The molecule has 0 radical (unpaired) electrons. The van der Waals surface area contributed by atoms with E-state index in [0.717, 1.165) is 0 Å². The summed E-state index contributed by atoms with van der Waals surface area (Å²) in [6.45, 7) is 2.58. The molecule has 1 N–H and O–H groups in total. The summed E-state index contributed by atoms with van der Waals surface area (Å²) >= 11 is 0. The van der Waals surface area contributed by atoms with Crippen LogP contribution in [0.4, 0.5) is 0 Å². The second-order valence-electron chi connectivity index (χ2n) is 6.04. The van der Waals surface area contributed by atoms with Crippen molar-refractivity contribution >= 4 is 0 Å². The van der Waals surface area contributed by atoms with Crippen LogP contribution >= 0.6 is 0 Å². The molecule has 106 valence electrons. The van der Waals surface area contributed by atoms with E-state index in [1.54, 1.807) is 10.5 Å². The van der Waals surface area contributed by atoms with E-state index in [9.17, 15) is 0 Å². The van der Waals surface area contributed by atoms with Gasteiger partial charge in [0.15, 0.2) is 0 Å². The first-order valence-corrected chi connectivity index (χ1v) is 8.31. The standard InChI is InChI=1S/C18H29N/c1-2-4-6-8-10-13-18-14-12-16-19(17-18)15-11-9-7-5-3-1/h1,3,12,14,16H,2,4-11,13,15,17H2/p+1. The van der Waals surface area contributed by atoms with E-state index in [1.165, 1.54) is 77.3 Å². The number of hydrogen-bond acceptors (Lipinski definition) is 0. The lowest BCUT2D eigenvalue weighted by molar-refractivity contribution is -0.842. The summed E-state index contributed by atoms with van der Waals surface area (Å²) in [7, 11) is 0. The first kappa shape index (κ1) is 14.6. The minimum Gasteiger partial charge on any atom is -0.305 e. The van der Waals surface area contributed by atoms with Gasteiger partial charge in [0.2, 0.25) is 0 Å². The lowest BCUT2D eigenvalue weighted by Gasteiger charge is -2.19. The highest BCUT2D eigenvalue weighted by molar-refractivity contribution is 5.13. The smallest absolute Gasteiger partial charge is 0.103 e. The average molecular weight is 260 g/mol. The Kier molecular flexibility index (Phi) is 7.02. The summed E-state index contributed by atoms with van der Waals surface area (Å²) in [4.78, 5) is 1.67. The average Bonchev–Trinajstić information content (AvgIpc) is 2.43. The van der Waals surface area contributed by atoms with Gasteiger partial charge in [0.1, 0.15) is 6.54 Å². The minimum atomic E-state index is 1.26. The van der Waals surface area contributed by atoms with Crippen LogP contribution < -0.4 is 4.90 Å². The number of fused-ring (bicyclic) bond motifs is 2. The zero-order valence-electron chi connectivity index (χ0n) is 12.4. The van der Waals surface area contributed by atoms with Crippen molar-refractivity contribution in [3.8, 4) is 0 Å². The van der Waals surface area contributed by atoms with Crippen molar-refractivity contribution in [1.29, 1.82) is 0 Å². The molecule has 0 aromatic rings. The fourth-order valence-corrected chi connectivity index (χ4v) is 3.07. The molecule has 0 saturated heterocycles. The van der Waals surface area contributed by atoms with E-state index >= 15 is 0 Å². The molecule has 0 aliphatic carbocycles. The van der Waals surface area contributed by atoms with Gasteiger partial charge >= 0.3 is 0 Å². The first-order valence-electron chi connectivity index (χ1n) is 8.31. The normalized spacial score (nSPS) is 26.9. The summed E-state index contributed by atoms with van der Waals surface area (Å²) in [6.07, 6.45) is 25.4. The Labute approximate surface area is 119 Å². The third kappa shape index (κ3) is 6.24. The maximum atomic E-state index is 2.40. The Balaban J connectivity index is 1.79. The zero-order chi connectivity index (χ0) is 13.2. The highest BCUT2D eigenvalue weighted by Gasteiger charge is 2.11. The van der Waals surface area contributed by atoms with Crippen LogP contribution in [0.5, 0.6) is 0 Å². The van der Waals surface area contributed by atoms with E-state index in [2.05, 4.69) is 30.5 Å². The molecule has 0 fully saturated rings. The molecule has 1 heteroatoms. The van der Waals surface area contributed by atoms with E-state index in [-0.39, 0.29) is 0 Å². The van der Waals surface area contributed by atoms with Crippen LogP contribution in [0.3, 0.4) is 0 Å². The SMILES string of the molecule is C1=C[NH+]2CCCCCC=CCCCCCCC(=C1)C2. The van der Waals surface area contributed by atoms with Gasteiger partial charge in [0.25, 0.3) is 0 Å². The summed E-state index contributed by atoms with van der Waals surface area (Å²) < 4.78 is 0. The summed E-state index contributed by atoms with van der Waals surface area (Å²) in [5, 5.41) is 0. The van der Waals surface area contributed by atoms with Crippen molar-refractivity contribution in [2.75, 3.05) is 13.1 Å². The maximum Gasteiger partial charge on any atom is 0.103 e.